The standard InChI is InChI=1S/C22H22O10/c1-29-15-6-12-14(30-9-13(18(12)25)10-2-4-11(24)5-3-10)7-16(15)31-22-21(28)20(27)19(26)17(8-23)32-22/h2-7,9,17,19-24,26-28H,8H2,1H3/t17-,19-,20-,21-,22+/m1/s1. The van der Waals surface area contributed by atoms with Crippen molar-refractivity contribution in [1.82, 2.24) is 0 Å². The molecule has 5 N–H and O–H groups in total. The fraction of sp³-hybridized carbons (Fsp3) is 0.318. The van der Waals surface area contributed by atoms with Crippen molar-refractivity contribution in [2.24, 2.45) is 0 Å². The van der Waals surface area contributed by atoms with Crippen LogP contribution in [-0.2, 0) is 4.74 Å². The van der Waals surface area contributed by atoms with Crippen LogP contribution in [0.25, 0.3) is 22.1 Å². The van der Waals surface area contributed by atoms with Gasteiger partial charge in [0.1, 0.15) is 42.0 Å². The minimum Gasteiger partial charge on any atom is -0.508 e. The molecular weight excluding hydrogens is 424 g/mol. The molecule has 2 aromatic carbocycles. The third-order valence-corrected chi connectivity index (χ3v) is 5.33. The molecule has 1 aliphatic heterocycles. The molecule has 1 aromatic heterocycles. The second-order valence-corrected chi connectivity index (χ2v) is 7.34. The lowest BCUT2D eigenvalue weighted by Crippen LogP contribution is -2.60. The van der Waals surface area contributed by atoms with Gasteiger partial charge in [-0.05, 0) is 23.8 Å². The Morgan fingerprint density at radius 1 is 1.00 bits per heavy atom. The third-order valence-electron chi connectivity index (χ3n) is 5.33. The molecule has 170 valence electrons. The van der Waals surface area contributed by atoms with Gasteiger partial charge in [-0.3, -0.25) is 4.79 Å². The van der Waals surface area contributed by atoms with Crippen molar-refractivity contribution in [1.29, 1.82) is 0 Å². The number of phenolic OH excluding ortho intramolecular Hbond substituents is 1. The number of aliphatic hydroxyl groups is 4. The van der Waals surface area contributed by atoms with Crippen molar-refractivity contribution in [3.05, 3.63) is 52.9 Å². The molecule has 0 unspecified atom stereocenters. The Balaban J connectivity index is 1.71. The number of rotatable bonds is 5. The number of ether oxygens (including phenoxy) is 3. The summed E-state index contributed by atoms with van der Waals surface area (Å²) in [5, 5.41) is 49.1. The maximum absolute atomic E-state index is 13.0. The predicted octanol–water partition coefficient (Wildman–Crippen LogP) is 0.353. The highest BCUT2D eigenvalue weighted by atomic mass is 16.7. The van der Waals surface area contributed by atoms with E-state index < -0.39 is 37.3 Å². The molecule has 0 aliphatic carbocycles. The van der Waals surface area contributed by atoms with Crippen LogP contribution in [0.1, 0.15) is 0 Å². The highest BCUT2D eigenvalue weighted by molar-refractivity contribution is 5.84. The average Bonchev–Trinajstić information content (AvgIpc) is 2.80. The van der Waals surface area contributed by atoms with Gasteiger partial charge in [0.2, 0.25) is 11.7 Å². The van der Waals surface area contributed by atoms with Crippen LogP contribution in [0, 0.1) is 0 Å². The zero-order valence-corrected chi connectivity index (χ0v) is 16.9. The minimum absolute atomic E-state index is 0.0462. The maximum Gasteiger partial charge on any atom is 0.229 e. The summed E-state index contributed by atoms with van der Waals surface area (Å²) >= 11 is 0. The van der Waals surface area contributed by atoms with E-state index in [9.17, 15) is 30.3 Å². The van der Waals surface area contributed by atoms with Crippen molar-refractivity contribution in [3.8, 4) is 28.4 Å². The molecular formula is C22H22O10. The topological polar surface area (TPSA) is 159 Å². The Labute approximate surface area is 181 Å². The number of methoxy groups -OCH3 is 1. The zero-order valence-electron chi connectivity index (χ0n) is 16.9. The van der Waals surface area contributed by atoms with Crippen LogP contribution >= 0.6 is 0 Å². The first-order valence-corrected chi connectivity index (χ1v) is 9.74. The number of aliphatic hydroxyl groups excluding tert-OH is 4. The highest BCUT2D eigenvalue weighted by Gasteiger charge is 2.45. The molecule has 4 rings (SSSR count). The molecule has 0 amide bonds. The van der Waals surface area contributed by atoms with Crippen LogP contribution < -0.4 is 14.9 Å². The largest absolute Gasteiger partial charge is 0.508 e. The Hall–Kier alpha value is -3.15. The first-order chi connectivity index (χ1) is 15.3. The first kappa shape index (κ1) is 22.1. The van der Waals surface area contributed by atoms with Gasteiger partial charge >= 0.3 is 0 Å². The fourth-order valence-corrected chi connectivity index (χ4v) is 3.52. The average molecular weight is 446 g/mol. The molecule has 1 saturated heterocycles. The van der Waals surface area contributed by atoms with Crippen molar-refractivity contribution < 1.29 is 44.2 Å². The Morgan fingerprint density at radius 3 is 2.38 bits per heavy atom. The molecule has 32 heavy (non-hydrogen) atoms. The SMILES string of the molecule is COc1cc2c(=O)c(-c3ccc(O)cc3)coc2cc1O[C@H]1O[C@H](CO)[C@@H](O)[C@@H](O)[C@H]1O. The van der Waals surface area contributed by atoms with Gasteiger partial charge in [0.25, 0.3) is 0 Å². The number of hydrogen-bond acceptors (Lipinski definition) is 10. The van der Waals surface area contributed by atoms with E-state index >= 15 is 0 Å². The van der Waals surface area contributed by atoms with Gasteiger partial charge in [-0.25, -0.2) is 0 Å². The molecule has 2 heterocycles. The molecule has 1 fully saturated rings. The van der Waals surface area contributed by atoms with Crippen LogP contribution in [0.3, 0.4) is 0 Å². The summed E-state index contributed by atoms with van der Waals surface area (Å²) in [6, 6.07) is 8.86. The third kappa shape index (κ3) is 3.90. The number of phenols is 1. The van der Waals surface area contributed by atoms with E-state index in [1.807, 2.05) is 0 Å². The molecule has 0 saturated carbocycles. The lowest BCUT2D eigenvalue weighted by atomic mass is 9.99. The normalized spacial score (nSPS) is 25.6. The quantitative estimate of drug-likeness (QED) is 0.370. The van der Waals surface area contributed by atoms with Crippen molar-refractivity contribution in [3.63, 3.8) is 0 Å². The fourth-order valence-electron chi connectivity index (χ4n) is 3.52. The van der Waals surface area contributed by atoms with Crippen LogP contribution in [0.4, 0.5) is 0 Å². The molecule has 0 bridgehead atoms. The van der Waals surface area contributed by atoms with Gasteiger partial charge in [0.05, 0.1) is 24.7 Å². The summed E-state index contributed by atoms with van der Waals surface area (Å²) in [5.41, 5.74) is 0.661. The van der Waals surface area contributed by atoms with Crippen molar-refractivity contribution in [2.45, 2.75) is 30.7 Å². The number of benzene rings is 2. The Kier molecular flexibility index (Phi) is 6.04. The van der Waals surface area contributed by atoms with E-state index in [-0.39, 0.29) is 39.2 Å². The van der Waals surface area contributed by atoms with E-state index in [0.29, 0.717) is 5.56 Å². The van der Waals surface area contributed by atoms with Crippen molar-refractivity contribution >= 4 is 11.0 Å². The molecule has 0 spiro atoms. The van der Waals surface area contributed by atoms with Crippen LogP contribution in [0.15, 0.2) is 51.9 Å². The second kappa shape index (κ2) is 8.77. The molecule has 5 atom stereocenters. The van der Waals surface area contributed by atoms with Gasteiger partial charge in [-0.1, -0.05) is 12.1 Å². The smallest absolute Gasteiger partial charge is 0.229 e. The van der Waals surface area contributed by atoms with Crippen LogP contribution in [0.2, 0.25) is 0 Å². The van der Waals surface area contributed by atoms with Crippen LogP contribution in [0.5, 0.6) is 17.2 Å². The van der Waals surface area contributed by atoms with Gasteiger partial charge < -0.3 is 44.2 Å². The minimum atomic E-state index is -1.61. The van der Waals surface area contributed by atoms with E-state index in [1.54, 1.807) is 12.1 Å². The summed E-state index contributed by atoms with van der Waals surface area (Å²) in [6.45, 7) is -0.603. The number of hydrogen-bond donors (Lipinski definition) is 5. The first-order valence-electron chi connectivity index (χ1n) is 9.74. The Bertz CT molecular complexity index is 1150. The summed E-state index contributed by atoms with van der Waals surface area (Å²) in [7, 11) is 1.35. The second-order valence-electron chi connectivity index (χ2n) is 7.34. The predicted molar refractivity (Wildman–Crippen MR) is 111 cm³/mol. The lowest BCUT2D eigenvalue weighted by Gasteiger charge is -2.39. The van der Waals surface area contributed by atoms with E-state index in [1.165, 1.54) is 37.6 Å². The molecule has 10 heteroatoms. The number of fused-ring (bicyclic) bond motifs is 1. The van der Waals surface area contributed by atoms with Crippen molar-refractivity contribution in [2.75, 3.05) is 13.7 Å². The van der Waals surface area contributed by atoms with Gasteiger partial charge in [-0.15, -0.1) is 0 Å². The van der Waals surface area contributed by atoms with Gasteiger partial charge in [0, 0.05) is 6.07 Å². The lowest BCUT2D eigenvalue weighted by molar-refractivity contribution is -0.277. The maximum atomic E-state index is 13.0. The van der Waals surface area contributed by atoms with Gasteiger partial charge in [0.15, 0.2) is 11.5 Å². The van der Waals surface area contributed by atoms with E-state index in [2.05, 4.69) is 0 Å². The summed E-state index contributed by atoms with van der Waals surface area (Å²) < 4.78 is 21.9. The van der Waals surface area contributed by atoms with E-state index in [0.717, 1.165) is 0 Å². The monoisotopic (exact) mass is 446 g/mol. The summed E-state index contributed by atoms with van der Waals surface area (Å²) in [4.78, 5) is 13.0. The molecule has 3 aromatic rings. The number of aromatic hydroxyl groups is 1. The molecule has 0 radical (unpaired) electrons. The molecule has 10 nitrogen and oxygen atoms in total. The van der Waals surface area contributed by atoms with Crippen LogP contribution in [-0.4, -0.2) is 70.0 Å². The zero-order chi connectivity index (χ0) is 23.0. The Morgan fingerprint density at radius 2 is 1.72 bits per heavy atom. The van der Waals surface area contributed by atoms with Gasteiger partial charge in [-0.2, -0.15) is 0 Å². The summed E-state index contributed by atoms with van der Waals surface area (Å²) in [6.07, 6.45) is -6.04. The highest BCUT2D eigenvalue weighted by Crippen LogP contribution is 2.35. The summed E-state index contributed by atoms with van der Waals surface area (Å²) in [5.74, 6) is 0.241. The van der Waals surface area contributed by atoms with E-state index in [4.69, 9.17) is 18.6 Å². The molecule has 1 aliphatic rings.